The van der Waals surface area contributed by atoms with Gasteiger partial charge >= 0.3 is 0 Å². The van der Waals surface area contributed by atoms with E-state index in [1.54, 1.807) is 7.11 Å². The second-order valence-corrected chi connectivity index (χ2v) is 9.68. The Morgan fingerprint density at radius 1 is 1.00 bits per heavy atom. The fourth-order valence-electron chi connectivity index (χ4n) is 4.78. The number of nitrogens with one attached hydrogen (secondary N) is 2. The van der Waals surface area contributed by atoms with Gasteiger partial charge in [0.25, 0.3) is 0 Å². The quantitative estimate of drug-likeness (QED) is 0.390. The summed E-state index contributed by atoms with van der Waals surface area (Å²) in [5.41, 5.74) is 6.49. The molecule has 35 heavy (non-hydrogen) atoms. The molecule has 0 fully saturated rings. The molecule has 1 atom stereocenters. The van der Waals surface area contributed by atoms with Gasteiger partial charge in [0.2, 0.25) is 5.91 Å². The number of methoxy groups -OCH3 is 1. The van der Waals surface area contributed by atoms with Gasteiger partial charge in [0.1, 0.15) is 5.75 Å². The van der Waals surface area contributed by atoms with Crippen LogP contribution in [0.15, 0.2) is 60.7 Å². The highest BCUT2D eigenvalue weighted by molar-refractivity contribution is 6.06. The Morgan fingerprint density at radius 2 is 1.77 bits per heavy atom. The van der Waals surface area contributed by atoms with Crippen molar-refractivity contribution in [2.45, 2.75) is 25.3 Å². The van der Waals surface area contributed by atoms with Crippen LogP contribution in [0.5, 0.6) is 5.75 Å². The molecule has 0 bridgehead atoms. The summed E-state index contributed by atoms with van der Waals surface area (Å²) in [6.45, 7) is 2.92. The van der Waals surface area contributed by atoms with Crippen molar-refractivity contribution in [1.29, 1.82) is 0 Å². The van der Waals surface area contributed by atoms with E-state index in [-0.39, 0.29) is 5.91 Å². The molecule has 0 unspecified atom stereocenters. The number of hydrogen-bond acceptors (Lipinski definition) is 4. The van der Waals surface area contributed by atoms with Crippen molar-refractivity contribution in [3.8, 4) is 5.75 Å². The fraction of sp³-hybridized carbons (Fsp3) is 0.241. The maximum absolute atomic E-state index is 12.9. The van der Waals surface area contributed by atoms with Gasteiger partial charge < -0.3 is 15.0 Å². The number of amides is 1. The van der Waals surface area contributed by atoms with E-state index in [1.807, 2.05) is 31.2 Å². The largest absolute Gasteiger partial charge is 0.497 e. The molecule has 0 saturated carbocycles. The van der Waals surface area contributed by atoms with E-state index in [2.05, 4.69) is 83.0 Å². The summed E-state index contributed by atoms with van der Waals surface area (Å²) in [7, 11) is 5.78. The van der Waals surface area contributed by atoms with Crippen molar-refractivity contribution >= 4 is 34.6 Å². The normalized spacial score (nSPS) is 17.3. The van der Waals surface area contributed by atoms with Gasteiger partial charge in [-0.15, -0.1) is 0 Å². The topological polar surface area (TPSA) is 70.2 Å². The molecule has 4 aromatic rings. The van der Waals surface area contributed by atoms with Gasteiger partial charge in [-0.05, 0) is 80.0 Å². The fourth-order valence-corrected chi connectivity index (χ4v) is 4.78. The highest BCUT2D eigenvalue weighted by Crippen LogP contribution is 2.42. The van der Waals surface area contributed by atoms with Gasteiger partial charge in [0, 0.05) is 17.6 Å². The van der Waals surface area contributed by atoms with E-state index in [0.29, 0.717) is 6.42 Å². The van der Waals surface area contributed by atoms with Gasteiger partial charge in [-0.3, -0.25) is 9.89 Å². The van der Waals surface area contributed by atoms with Gasteiger partial charge in [0.15, 0.2) is 0 Å². The van der Waals surface area contributed by atoms with E-state index >= 15 is 0 Å². The zero-order valence-corrected chi connectivity index (χ0v) is 20.6. The number of rotatable bonds is 7. The monoisotopic (exact) mass is 466 g/mol. The Hall–Kier alpha value is -3.90. The van der Waals surface area contributed by atoms with Crippen LogP contribution in [0.2, 0.25) is 0 Å². The first-order valence-electron chi connectivity index (χ1n) is 11.7. The maximum atomic E-state index is 12.9. The minimum Gasteiger partial charge on any atom is -0.497 e. The highest BCUT2D eigenvalue weighted by atomic mass is 16.5. The third-order valence-electron chi connectivity index (χ3n) is 6.70. The van der Waals surface area contributed by atoms with E-state index < -0.39 is 5.41 Å². The lowest BCUT2D eigenvalue weighted by Gasteiger charge is -2.22. The maximum Gasteiger partial charge on any atom is 0.235 e. The first-order valence-corrected chi connectivity index (χ1v) is 11.7. The Balaban J connectivity index is 1.37. The molecule has 1 aromatic heterocycles. The predicted octanol–water partition coefficient (Wildman–Crippen LogP) is 5.26. The lowest BCUT2D eigenvalue weighted by atomic mass is 9.78. The van der Waals surface area contributed by atoms with Gasteiger partial charge in [-0.25, -0.2) is 0 Å². The van der Waals surface area contributed by atoms with Crippen LogP contribution in [-0.2, 0) is 23.2 Å². The number of hydrogen-bond donors (Lipinski definition) is 2. The molecule has 0 saturated heterocycles. The number of aromatic amines is 1. The van der Waals surface area contributed by atoms with Crippen LogP contribution in [0.4, 0.5) is 5.69 Å². The molecule has 1 aliphatic rings. The molecule has 1 aliphatic heterocycles. The average Bonchev–Trinajstić information content (AvgIpc) is 3.35. The van der Waals surface area contributed by atoms with E-state index in [1.165, 1.54) is 5.56 Å². The van der Waals surface area contributed by atoms with Crippen LogP contribution < -0.4 is 10.1 Å². The first kappa shape index (κ1) is 22.9. The number of nitrogens with zero attached hydrogens (tertiary/aromatic N) is 2. The molecule has 6 nitrogen and oxygen atoms in total. The molecule has 0 radical (unpaired) electrons. The molecule has 2 heterocycles. The van der Waals surface area contributed by atoms with E-state index in [9.17, 15) is 4.79 Å². The molecule has 1 amide bonds. The van der Waals surface area contributed by atoms with Crippen LogP contribution in [0.1, 0.15) is 34.9 Å². The Bertz CT molecular complexity index is 1420. The molecular formula is C29H30N4O2. The summed E-state index contributed by atoms with van der Waals surface area (Å²) in [6.07, 6.45) is 4.70. The smallest absolute Gasteiger partial charge is 0.235 e. The summed E-state index contributed by atoms with van der Waals surface area (Å²) >= 11 is 0. The molecule has 2 N–H and O–H groups in total. The molecule has 6 heteroatoms. The van der Waals surface area contributed by atoms with Crippen molar-refractivity contribution in [2.24, 2.45) is 0 Å². The third-order valence-corrected chi connectivity index (χ3v) is 6.70. The van der Waals surface area contributed by atoms with Crippen LogP contribution >= 0.6 is 0 Å². The summed E-state index contributed by atoms with van der Waals surface area (Å²) in [5, 5.41) is 11.7. The van der Waals surface area contributed by atoms with Gasteiger partial charge in [0.05, 0.1) is 23.7 Å². The third kappa shape index (κ3) is 4.45. The zero-order valence-electron chi connectivity index (χ0n) is 20.6. The van der Waals surface area contributed by atoms with Crippen molar-refractivity contribution in [2.75, 3.05) is 26.5 Å². The lowest BCUT2D eigenvalue weighted by Crippen LogP contribution is -2.33. The average molecular weight is 467 g/mol. The molecule has 5 rings (SSSR count). The lowest BCUT2D eigenvalue weighted by molar-refractivity contribution is -0.120. The number of aromatic nitrogens is 2. The minimum atomic E-state index is -0.668. The Kier molecular flexibility index (Phi) is 5.91. The Labute approximate surface area is 205 Å². The summed E-state index contributed by atoms with van der Waals surface area (Å²) in [5.74, 6) is 0.755. The second kappa shape index (κ2) is 9.04. The summed E-state index contributed by atoms with van der Waals surface area (Å²) < 4.78 is 5.39. The molecule has 3 aromatic carbocycles. The number of benzene rings is 3. The number of fused-ring (bicyclic) bond motifs is 2. The summed E-state index contributed by atoms with van der Waals surface area (Å²) in [4.78, 5) is 15.1. The van der Waals surface area contributed by atoms with Crippen molar-refractivity contribution in [1.82, 2.24) is 15.1 Å². The molecule has 0 aliphatic carbocycles. The van der Waals surface area contributed by atoms with Gasteiger partial charge in [-0.1, -0.05) is 42.5 Å². The summed E-state index contributed by atoms with van der Waals surface area (Å²) in [6, 6.07) is 20.6. The molecule has 178 valence electrons. The number of carbonyl (C=O) groups is 1. The first-order chi connectivity index (χ1) is 16.9. The predicted molar refractivity (Wildman–Crippen MR) is 142 cm³/mol. The zero-order chi connectivity index (χ0) is 24.6. The van der Waals surface area contributed by atoms with E-state index in [4.69, 9.17) is 4.74 Å². The number of ether oxygens (including phenoxy) is 1. The molecule has 0 spiro atoms. The van der Waals surface area contributed by atoms with E-state index in [0.717, 1.165) is 51.3 Å². The van der Waals surface area contributed by atoms with Crippen LogP contribution in [0, 0.1) is 0 Å². The number of anilines is 1. The number of H-pyrrole nitrogens is 1. The SMILES string of the molecule is COc1ccc2c(c1)[C@](C)(Cc1ccc3c(/C=C/c4ccc(CN(C)C)cc4)n[nH]c3c1)C(=O)N2. The molecular weight excluding hydrogens is 436 g/mol. The minimum absolute atomic E-state index is 0.00526. The van der Waals surface area contributed by atoms with Gasteiger partial charge in [-0.2, -0.15) is 5.10 Å². The van der Waals surface area contributed by atoms with Crippen LogP contribution in [0.3, 0.4) is 0 Å². The highest BCUT2D eigenvalue weighted by Gasteiger charge is 2.43. The second-order valence-electron chi connectivity index (χ2n) is 9.68. The number of carbonyl (C=O) groups excluding carboxylic acids is 1. The van der Waals surface area contributed by atoms with Crippen LogP contribution in [-0.4, -0.2) is 42.2 Å². The van der Waals surface area contributed by atoms with Crippen molar-refractivity contribution in [3.05, 3.63) is 88.6 Å². The van der Waals surface area contributed by atoms with Crippen LogP contribution in [0.25, 0.3) is 23.1 Å². The van der Waals surface area contributed by atoms with Crippen molar-refractivity contribution < 1.29 is 9.53 Å². The van der Waals surface area contributed by atoms with Crippen molar-refractivity contribution in [3.63, 3.8) is 0 Å². The Morgan fingerprint density at radius 3 is 2.51 bits per heavy atom. The standard InChI is InChI=1S/C29H30N4O2/c1-29(24-16-22(35-4)11-14-26(24)30-28(29)34)17-21-9-12-23-25(31-32-27(23)15-21)13-10-19-5-7-20(8-6-19)18-33(2)3/h5-16H,17-18H2,1-4H3,(H,30,34)(H,31,32)/b13-10+/t29-/m0/s1.